The van der Waals surface area contributed by atoms with Crippen LogP contribution in [0.4, 0.5) is 0 Å². The molecule has 0 unspecified atom stereocenters. The van der Waals surface area contributed by atoms with Gasteiger partial charge in [-0.3, -0.25) is 0 Å². The summed E-state index contributed by atoms with van der Waals surface area (Å²) in [7, 11) is -0.293. The molecule has 1 N–H and O–H groups in total. The Kier molecular flexibility index (Phi) is 2.71. The Morgan fingerprint density at radius 3 is 2.20 bits per heavy atom. The Morgan fingerprint density at radius 1 is 1.13 bits per heavy atom. The lowest BCUT2D eigenvalue weighted by Gasteiger charge is -2.33. The maximum absolute atomic E-state index is 9.16. The summed E-state index contributed by atoms with van der Waals surface area (Å²) in [6.07, 6.45) is 0. The highest BCUT2D eigenvalue weighted by atomic mass is 16.6. The topological polar surface area (TPSA) is 38.7 Å². The molecule has 1 aromatic rings. The Labute approximate surface area is 90.2 Å². The van der Waals surface area contributed by atoms with Crippen molar-refractivity contribution in [2.45, 2.75) is 13.8 Å². The van der Waals surface area contributed by atoms with Gasteiger partial charge in [-0.1, -0.05) is 26.0 Å². The summed E-state index contributed by atoms with van der Waals surface area (Å²) in [6, 6.07) is 6.92. The molecule has 0 aliphatic carbocycles. The average Bonchev–Trinajstić information content (AvgIpc) is 2.20. The molecule has 1 fully saturated rings. The Bertz CT molecular complexity index is 324. The van der Waals surface area contributed by atoms with E-state index in [2.05, 4.69) is 13.8 Å². The van der Waals surface area contributed by atoms with Gasteiger partial charge in [-0.15, -0.1) is 0 Å². The first kappa shape index (κ1) is 10.5. The highest BCUT2D eigenvalue weighted by Gasteiger charge is 2.33. The van der Waals surface area contributed by atoms with Crippen LogP contribution in [0.25, 0.3) is 0 Å². The van der Waals surface area contributed by atoms with Crippen molar-refractivity contribution < 1.29 is 14.4 Å². The van der Waals surface area contributed by atoms with Crippen molar-refractivity contribution in [2.75, 3.05) is 13.2 Å². The maximum atomic E-state index is 9.16. The third-order valence-corrected chi connectivity index (χ3v) is 2.42. The van der Waals surface area contributed by atoms with Crippen LogP contribution in [0, 0.1) is 5.41 Å². The SMILES string of the molecule is CC1(C)COB(c2ccc(O)cc2)OC1. The molecule has 2 rings (SSSR count). The van der Waals surface area contributed by atoms with Crippen LogP contribution in [0.15, 0.2) is 24.3 Å². The van der Waals surface area contributed by atoms with Gasteiger partial charge in [0.2, 0.25) is 0 Å². The van der Waals surface area contributed by atoms with Gasteiger partial charge >= 0.3 is 7.12 Å². The highest BCUT2D eigenvalue weighted by Crippen LogP contribution is 2.21. The molecule has 0 saturated carbocycles. The van der Waals surface area contributed by atoms with Crippen molar-refractivity contribution >= 4 is 12.6 Å². The second-order valence-electron chi connectivity index (χ2n) is 4.71. The zero-order valence-electron chi connectivity index (χ0n) is 9.06. The monoisotopic (exact) mass is 206 g/mol. The van der Waals surface area contributed by atoms with Gasteiger partial charge in [0.1, 0.15) is 5.75 Å². The lowest BCUT2D eigenvalue weighted by atomic mass is 9.76. The van der Waals surface area contributed by atoms with Gasteiger partial charge in [0.25, 0.3) is 0 Å². The lowest BCUT2D eigenvalue weighted by molar-refractivity contribution is 0.0343. The zero-order chi connectivity index (χ0) is 10.9. The standard InChI is InChI=1S/C11H15BO3/c1-11(2)7-14-12(15-8-11)9-3-5-10(13)6-4-9/h3-6,13H,7-8H2,1-2H3. The van der Waals surface area contributed by atoms with E-state index in [-0.39, 0.29) is 18.3 Å². The van der Waals surface area contributed by atoms with Crippen LogP contribution in [0.1, 0.15) is 13.8 Å². The van der Waals surface area contributed by atoms with E-state index in [1.807, 2.05) is 12.1 Å². The van der Waals surface area contributed by atoms with Crippen LogP contribution >= 0.6 is 0 Å². The molecule has 15 heavy (non-hydrogen) atoms. The summed E-state index contributed by atoms with van der Waals surface area (Å²) in [5.74, 6) is 0.259. The fraction of sp³-hybridized carbons (Fsp3) is 0.455. The van der Waals surface area contributed by atoms with E-state index >= 15 is 0 Å². The molecule has 1 heterocycles. The summed E-state index contributed by atoms with van der Waals surface area (Å²) in [4.78, 5) is 0. The van der Waals surface area contributed by atoms with Crippen molar-refractivity contribution in [1.82, 2.24) is 0 Å². The van der Waals surface area contributed by atoms with E-state index in [9.17, 15) is 0 Å². The molecular weight excluding hydrogens is 191 g/mol. The third kappa shape index (κ3) is 2.52. The highest BCUT2D eigenvalue weighted by molar-refractivity contribution is 6.61. The minimum Gasteiger partial charge on any atom is -0.508 e. The maximum Gasteiger partial charge on any atom is 0.493 e. The van der Waals surface area contributed by atoms with Crippen molar-refractivity contribution in [3.05, 3.63) is 24.3 Å². The molecule has 0 atom stereocenters. The van der Waals surface area contributed by atoms with Gasteiger partial charge in [0.05, 0.1) is 0 Å². The minimum atomic E-state index is -0.293. The molecule has 80 valence electrons. The van der Waals surface area contributed by atoms with Crippen molar-refractivity contribution in [1.29, 1.82) is 0 Å². The van der Waals surface area contributed by atoms with Crippen molar-refractivity contribution in [3.8, 4) is 5.75 Å². The molecule has 0 bridgehead atoms. The fourth-order valence-corrected chi connectivity index (χ4v) is 1.52. The van der Waals surface area contributed by atoms with Gasteiger partial charge in [-0.2, -0.15) is 0 Å². The van der Waals surface area contributed by atoms with Crippen LogP contribution in [-0.4, -0.2) is 25.4 Å². The smallest absolute Gasteiger partial charge is 0.493 e. The van der Waals surface area contributed by atoms with Gasteiger partial charge in [0.15, 0.2) is 0 Å². The van der Waals surface area contributed by atoms with E-state index in [4.69, 9.17) is 14.4 Å². The average molecular weight is 206 g/mol. The van der Waals surface area contributed by atoms with E-state index in [0.717, 1.165) is 5.46 Å². The number of phenols is 1. The summed E-state index contributed by atoms with van der Waals surface area (Å²) >= 11 is 0. The van der Waals surface area contributed by atoms with Crippen LogP contribution in [0.2, 0.25) is 0 Å². The first-order valence-electron chi connectivity index (χ1n) is 5.09. The predicted octanol–water partition coefficient (Wildman–Crippen LogP) is 1.16. The summed E-state index contributed by atoms with van der Waals surface area (Å²) in [6.45, 7) is 5.61. The molecule has 0 aromatic heterocycles. The van der Waals surface area contributed by atoms with E-state index in [1.54, 1.807) is 12.1 Å². The number of benzene rings is 1. The predicted molar refractivity (Wildman–Crippen MR) is 59.2 cm³/mol. The summed E-state index contributed by atoms with van der Waals surface area (Å²) in [5.41, 5.74) is 1.04. The Balaban J connectivity index is 2.04. The number of aromatic hydroxyl groups is 1. The molecular formula is C11H15BO3. The normalized spacial score (nSPS) is 20.3. The molecule has 4 heteroatoms. The lowest BCUT2D eigenvalue weighted by Crippen LogP contribution is -2.47. The van der Waals surface area contributed by atoms with Gasteiger partial charge < -0.3 is 14.4 Å². The minimum absolute atomic E-state index is 0.0907. The van der Waals surface area contributed by atoms with E-state index in [0.29, 0.717) is 13.2 Å². The summed E-state index contributed by atoms with van der Waals surface area (Å²) < 4.78 is 11.2. The molecule has 1 aliphatic rings. The molecule has 0 amide bonds. The van der Waals surface area contributed by atoms with Crippen LogP contribution in [0.3, 0.4) is 0 Å². The molecule has 1 aliphatic heterocycles. The van der Waals surface area contributed by atoms with Crippen molar-refractivity contribution in [2.24, 2.45) is 5.41 Å². The molecule has 1 aromatic carbocycles. The second kappa shape index (κ2) is 3.87. The Morgan fingerprint density at radius 2 is 1.67 bits per heavy atom. The second-order valence-corrected chi connectivity index (χ2v) is 4.71. The fourth-order valence-electron chi connectivity index (χ4n) is 1.52. The van der Waals surface area contributed by atoms with Gasteiger partial charge in [-0.05, 0) is 17.6 Å². The summed E-state index contributed by atoms with van der Waals surface area (Å²) in [5, 5.41) is 9.16. The van der Waals surface area contributed by atoms with E-state index < -0.39 is 0 Å². The first-order valence-corrected chi connectivity index (χ1v) is 5.09. The number of hydrogen-bond acceptors (Lipinski definition) is 3. The number of hydrogen-bond donors (Lipinski definition) is 1. The Hall–Kier alpha value is -0.995. The van der Waals surface area contributed by atoms with Gasteiger partial charge in [-0.25, -0.2) is 0 Å². The van der Waals surface area contributed by atoms with Gasteiger partial charge in [0, 0.05) is 18.6 Å². The third-order valence-electron chi connectivity index (χ3n) is 2.42. The molecule has 3 nitrogen and oxygen atoms in total. The number of rotatable bonds is 1. The zero-order valence-corrected chi connectivity index (χ0v) is 9.06. The first-order chi connectivity index (χ1) is 7.07. The quantitative estimate of drug-likeness (QED) is 0.700. The van der Waals surface area contributed by atoms with Crippen LogP contribution in [0.5, 0.6) is 5.75 Å². The molecule has 0 spiro atoms. The van der Waals surface area contributed by atoms with Crippen LogP contribution in [-0.2, 0) is 9.31 Å². The molecule has 1 saturated heterocycles. The van der Waals surface area contributed by atoms with Crippen molar-refractivity contribution in [3.63, 3.8) is 0 Å². The van der Waals surface area contributed by atoms with Crippen LogP contribution < -0.4 is 5.46 Å². The molecule has 0 radical (unpaired) electrons. The number of phenolic OH excluding ortho intramolecular Hbond substituents is 1. The largest absolute Gasteiger partial charge is 0.508 e. The van der Waals surface area contributed by atoms with E-state index in [1.165, 1.54) is 0 Å².